The van der Waals surface area contributed by atoms with Crippen molar-refractivity contribution >= 4 is 39.6 Å². The molecule has 0 saturated carbocycles. The molecule has 0 atom stereocenters. The van der Waals surface area contributed by atoms with Crippen molar-refractivity contribution < 1.29 is 0 Å². The Morgan fingerprint density at radius 1 is 1.12 bits per heavy atom. The number of nitrogens with zero attached hydrogens (tertiary/aromatic N) is 4. The molecule has 0 amide bonds. The predicted molar refractivity (Wildman–Crippen MR) is 113 cm³/mol. The van der Waals surface area contributed by atoms with Crippen LogP contribution in [0.3, 0.4) is 0 Å². The molecule has 0 N–H and O–H groups in total. The zero-order chi connectivity index (χ0) is 17.9. The molecule has 136 valence electrons. The highest BCUT2D eigenvalue weighted by Gasteiger charge is 2.17. The maximum Gasteiger partial charge on any atom is 0.209 e. The first-order valence-electron chi connectivity index (χ1n) is 8.95. The van der Waals surface area contributed by atoms with Gasteiger partial charge in [-0.3, -0.25) is 0 Å². The van der Waals surface area contributed by atoms with Crippen molar-refractivity contribution in [3.8, 4) is 10.6 Å². The molecule has 3 aromatic rings. The molecule has 0 spiro atoms. The van der Waals surface area contributed by atoms with E-state index in [9.17, 15) is 0 Å². The van der Waals surface area contributed by atoms with Crippen LogP contribution in [0.15, 0.2) is 34.0 Å². The third-order valence-corrected chi connectivity index (χ3v) is 7.58. The van der Waals surface area contributed by atoms with Crippen molar-refractivity contribution in [3.63, 3.8) is 0 Å². The molecule has 2 aromatic heterocycles. The number of anilines is 1. The van der Waals surface area contributed by atoms with Gasteiger partial charge >= 0.3 is 0 Å². The summed E-state index contributed by atoms with van der Waals surface area (Å²) >= 11 is 5.14. The van der Waals surface area contributed by atoms with Crippen LogP contribution in [0.1, 0.15) is 43.9 Å². The van der Waals surface area contributed by atoms with E-state index >= 15 is 0 Å². The van der Waals surface area contributed by atoms with E-state index in [-0.39, 0.29) is 0 Å². The SMILES string of the molecule is CC(C)c1ccc(-c2nc(CSc3nnc(N4CCCC4)s3)cs2)cc1. The minimum atomic E-state index is 0.560. The van der Waals surface area contributed by atoms with Crippen LogP contribution >= 0.6 is 34.4 Å². The van der Waals surface area contributed by atoms with Crippen LogP contribution in [0.25, 0.3) is 10.6 Å². The molecular formula is C19H22N4S3. The van der Waals surface area contributed by atoms with E-state index in [1.165, 1.54) is 24.0 Å². The number of benzene rings is 1. The van der Waals surface area contributed by atoms with Crippen molar-refractivity contribution in [2.24, 2.45) is 0 Å². The first kappa shape index (κ1) is 17.9. The van der Waals surface area contributed by atoms with Crippen LogP contribution in [0.5, 0.6) is 0 Å². The van der Waals surface area contributed by atoms with Crippen LogP contribution in [-0.2, 0) is 5.75 Å². The maximum absolute atomic E-state index is 4.80. The number of rotatable bonds is 6. The fourth-order valence-corrected chi connectivity index (χ4v) is 5.67. The van der Waals surface area contributed by atoms with Gasteiger partial charge < -0.3 is 4.90 Å². The Labute approximate surface area is 166 Å². The fraction of sp³-hybridized carbons (Fsp3) is 0.421. The quantitative estimate of drug-likeness (QED) is 0.496. The third-order valence-electron chi connectivity index (χ3n) is 4.49. The van der Waals surface area contributed by atoms with Crippen molar-refractivity contribution in [1.29, 1.82) is 0 Å². The zero-order valence-electron chi connectivity index (χ0n) is 15.0. The average Bonchev–Trinajstić information content (AvgIpc) is 3.40. The number of hydrogen-bond donors (Lipinski definition) is 0. The van der Waals surface area contributed by atoms with Gasteiger partial charge in [0.25, 0.3) is 0 Å². The highest BCUT2D eigenvalue weighted by Crippen LogP contribution is 2.33. The summed E-state index contributed by atoms with van der Waals surface area (Å²) in [5, 5.41) is 13.0. The molecule has 0 unspecified atom stereocenters. The van der Waals surface area contributed by atoms with E-state index in [0.717, 1.165) is 39.0 Å². The second-order valence-electron chi connectivity index (χ2n) is 6.75. The highest BCUT2D eigenvalue weighted by atomic mass is 32.2. The van der Waals surface area contributed by atoms with Crippen LogP contribution in [-0.4, -0.2) is 28.3 Å². The van der Waals surface area contributed by atoms with Gasteiger partial charge in [-0.05, 0) is 24.3 Å². The molecule has 4 nitrogen and oxygen atoms in total. The lowest BCUT2D eigenvalue weighted by Gasteiger charge is -2.10. The summed E-state index contributed by atoms with van der Waals surface area (Å²) < 4.78 is 1.03. The maximum atomic E-state index is 4.80. The van der Waals surface area contributed by atoms with E-state index in [1.807, 2.05) is 0 Å². The van der Waals surface area contributed by atoms with Crippen molar-refractivity contribution in [3.05, 3.63) is 40.9 Å². The molecule has 0 radical (unpaired) electrons. The number of thioether (sulfide) groups is 1. The number of thiazole rings is 1. The van der Waals surface area contributed by atoms with Gasteiger partial charge in [0.1, 0.15) is 5.01 Å². The Balaban J connectivity index is 1.37. The Morgan fingerprint density at radius 3 is 2.62 bits per heavy atom. The van der Waals surface area contributed by atoms with Crippen LogP contribution < -0.4 is 4.90 Å². The summed E-state index contributed by atoms with van der Waals surface area (Å²) in [6.45, 7) is 6.67. The van der Waals surface area contributed by atoms with Gasteiger partial charge in [-0.15, -0.1) is 21.5 Å². The van der Waals surface area contributed by atoms with Crippen molar-refractivity contribution in [2.45, 2.75) is 42.7 Å². The van der Waals surface area contributed by atoms with Crippen molar-refractivity contribution in [1.82, 2.24) is 15.2 Å². The fourth-order valence-electron chi connectivity index (χ4n) is 2.95. The number of aromatic nitrogens is 3. The molecule has 1 aromatic carbocycles. The third kappa shape index (κ3) is 4.10. The molecule has 26 heavy (non-hydrogen) atoms. The van der Waals surface area contributed by atoms with Gasteiger partial charge in [0, 0.05) is 29.8 Å². The van der Waals surface area contributed by atoms with E-state index in [4.69, 9.17) is 4.98 Å². The van der Waals surface area contributed by atoms with Gasteiger partial charge in [-0.1, -0.05) is 61.2 Å². The lowest BCUT2D eigenvalue weighted by Crippen LogP contribution is -2.17. The Kier molecular flexibility index (Phi) is 5.57. The first-order valence-corrected chi connectivity index (χ1v) is 11.6. The largest absolute Gasteiger partial charge is 0.347 e. The molecule has 1 aliphatic heterocycles. The monoisotopic (exact) mass is 402 g/mol. The molecule has 1 aliphatic rings. The van der Waals surface area contributed by atoms with E-state index in [1.54, 1.807) is 34.4 Å². The topological polar surface area (TPSA) is 41.9 Å². The van der Waals surface area contributed by atoms with Gasteiger partial charge in [0.2, 0.25) is 5.13 Å². The van der Waals surface area contributed by atoms with Crippen LogP contribution in [0, 0.1) is 0 Å². The van der Waals surface area contributed by atoms with Gasteiger partial charge in [0.05, 0.1) is 5.69 Å². The molecule has 4 rings (SSSR count). The minimum Gasteiger partial charge on any atom is -0.347 e. The predicted octanol–water partition coefficient (Wildman–Crippen LogP) is 5.68. The summed E-state index contributed by atoms with van der Waals surface area (Å²) in [7, 11) is 0. The molecule has 3 heterocycles. The second kappa shape index (κ2) is 8.06. The first-order chi connectivity index (χ1) is 12.7. The normalized spacial score (nSPS) is 14.5. The Morgan fingerprint density at radius 2 is 1.88 bits per heavy atom. The van der Waals surface area contributed by atoms with Gasteiger partial charge in [-0.2, -0.15) is 0 Å². The number of hydrogen-bond acceptors (Lipinski definition) is 7. The molecular weight excluding hydrogens is 380 g/mol. The van der Waals surface area contributed by atoms with Crippen molar-refractivity contribution in [2.75, 3.05) is 18.0 Å². The summed E-state index contributed by atoms with van der Waals surface area (Å²) in [6, 6.07) is 8.77. The standard InChI is InChI=1S/C19H22N4S3/c1-13(2)14-5-7-15(8-6-14)17-20-16(11-24-17)12-25-19-22-21-18(26-19)23-9-3-4-10-23/h5-8,11,13H,3-4,9-10,12H2,1-2H3. The molecule has 7 heteroatoms. The minimum absolute atomic E-state index is 0.560. The van der Waals surface area contributed by atoms with E-state index < -0.39 is 0 Å². The molecule has 0 aliphatic carbocycles. The van der Waals surface area contributed by atoms with E-state index in [2.05, 4.69) is 58.6 Å². The summed E-state index contributed by atoms with van der Waals surface area (Å²) in [4.78, 5) is 7.13. The highest BCUT2D eigenvalue weighted by molar-refractivity contribution is 8.00. The van der Waals surface area contributed by atoms with Gasteiger partial charge in [0.15, 0.2) is 4.34 Å². The van der Waals surface area contributed by atoms with Crippen LogP contribution in [0.2, 0.25) is 0 Å². The average molecular weight is 403 g/mol. The smallest absolute Gasteiger partial charge is 0.209 e. The zero-order valence-corrected chi connectivity index (χ0v) is 17.5. The van der Waals surface area contributed by atoms with Gasteiger partial charge in [-0.25, -0.2) is 4.98 Å². The Bertz CT molecular complexity index is 848. The summed E-state index contributed by atoms with van der Waals surface area (Å²) in [5.74, 6) is 1.40. The second-order valence-corrected chi connectivity index (χ2v) is 9.79. The lowest BCUT2D eigenvalue weighted by atomic mass is 10.0. The molecule has 1 saturated heterocycles. The summed E-state index contributed by atoms with van der Waals surface area (Å²) in [5.41, 5.74) is 3.68. The Hall–Kier alpha value is -1.44. The molecule has 0 bridgehead atoms. The lowest BCUT2D eigenvalue weighted by molar-refractivity contribution is 0.867. The summed E-state index contributed by atoms with van der Waals surface area (Å²) in [6.07, 6.45) is 2.53. The van der Waals surface area contributed by atoms with E-state index in [0.29, 0.717) is 5.92 Å². The van der Waals surface area contributed by atoms with Crippen LogP contribution in [0.4, 0.5) is 5.13 Å². The molecule has 1 fully saturated rings.